The minimum absolute atomic E-state index is 0.0725. The monoisotopic (exact) mass is 493 g/mol. The third-order valence-electron chi connectivity index (χ3n) is 5.86. The summed E-state index contributed by atoms with van der Waals surface area (Å²) in [6, 6.07) is 18.9. The average molecular weight is 494 g/mol. The molecule has 1 saturated heterocycles. The molecule has 1 aromatic heterocycles. The van der Waals surface area contributed by atoms with E-state index in [1.165, 1.54) is 11.8 Å². The van der Waals surface area contributed by atoms with Crippen LogP contribution in [0.25, 0.3) is 0 Å². The lowest BCUT2D eigenvalue weighted by molar-refractivity contribution is -0.113. The number of morpholine rings is 1. The molecule has 2 amide bonds. The summed E-state index contributed by atoms with van der Waals surface area (Å²) in [6.07, 6.45) is 0. The van der Waals surface area contributed by atoms with Crippen LogP contribution in [-0.4, -0.2) is 55.3 Å². The molecule has 35 heavy (non-hydrogen) atoms. The zero-order valence-electron chi connectivity index (χ0n) is 20.1. The molecule has 0 aliphatic carbocycles. The number of nitrogens with zero attached hydrogens (tertiary/aromatic N) is 1. The van der Waals surface area contributed by atoms with Crippen LogP contribution in [0.1, 0.15) is 33.5 Å². The predicted octanol–water partition coefficient (Wildman–Crippen LogP) is 4.43. The summed E-state index contributed by atoms with van der Waals surface area (Å²) in [5.41, 5.74) is 2.45. The summed E-state index contributed by atoms with van der Waals surface area (Å²) in [7, 11) is 0. The first-order valence-electron chi connectivity index (χ1n) is 11.7. The molecular formula is C27H31N3O4S. The van der Waals surface area contributed by atoms with Crippen LogP contribution in [0.2, 0.25) is 0 Å². The first-order valence-corrected chi connectivity index (χ1v) is 12.7. The molecule has 4 rings (SSSR count). The smallest absolute Gasteiger partial charge is 0.252 e. The third kappa shape index (κ3) is 6.97. The number of benzene rings is 2. The maximum absolute atomic E-state index is 13.2. The van der Waals surface area contributed by atoms with Gasteiger partial charge in [0, 0.05) is 30.2 Å². The van der Waals surface area contributed by atoms with Crippen LogP contribution in [0.4, 0.5) is 5.69 Å². The van der Waals surface area contributed by atoms with E-state index < -0.39 is 0 Å². The van der Waals surface area contributed by atoms with Gasteiger partial charge in [-0.25, -0.2) is 0 Å². The predicted molar refractivity (Wildman–Crippen MR) is 138 cm³/mol. The lowest BCUT2D eigenvalue weighted by Crippen LogP contribution is -2.43. The zero-order chi connectivity index (χ0) is 24.6. The summed E-state index contributed by atoms with van der Waals surface area (Å²) < 4.78 is 11.4. The summed E-state index contributed by atoms with van der Waals surface area (Å²) in [5.74, 6) is 1.60. The van der Waals surface area contributed by atoms with Gasteiger partial charge in [0.05, 0.1) is 30.6 Å². The second-order valence-electron chi connectivity index (χ2n) is 8.52. The number of anilines is 1. The van der Waals surface area contributed by atoms with Crippen molar-refractivity contribution in [3.05, 3.63) is 83.3 Å². The molecule has 1 unspecified atom stereocenters. The van der Waals surface area contributed by atoms with Crippen molar-refractivity contribution in [3.63, 3.8) is 0 Å². The van der Waals surface area contributed by atoms with E-state index in [-0.39, 0.29) is 23.6 Å². The Labute approximate surface area is 210 Å². The van der Waals surface area contributed by atoms with E-state index in [9.17, 15) is 9.59 Å². The average Bonchev–Trinajstić information content (AvgIpc) is 3.31. The highest BCUT2D eigenvalue weighted by Gasteiger charge is 2.26. The number of carbonyl (C=O) groups excluding carboxylic acids is 2. The maximum Gasteiger partial charge on any atom is 0.252 e. The van der Waals surface area contributed by atoms with Crippen molar-refractivity contribution in [2.24, 2.45) is 0 Å². The van der Waals surface area contributed by atoms with Gasteiger partial charge in [-0.2, -0.15) is 0 Å². The molecule has 1 fully saturated rings. The SMILES string of the molecule is Cc1ccc(NC(=O)CSc2ccccc2C(=O)NCC(c2ccc(C)o2)N2CCOCC2)cc1. The Morgan fingerprint density at radius 3 is 2.46 bits per heavy atom. The van der Waals surface area contributed by atoms with E-state index in [1.807, 2.05) is 68.4 Å². The Kier molecular flexibility index (Phi) is 8.63. The quantitative estimate of drug-likeness (QED) is 0.429. The molecule has 1 atom stereocenters. The molecule has 1 aliphatic rings. The minimum atomic E-state index is -0.173. The molecule has 184 valence electrons. The highest BCUT2D eigenvalue weighted by atomic mass is 32.2. The summed E-state index contributed by atoms with van der Waals surface area (Å²) >= 11 is 1.35. The zero-order valence-corrected chi connectivity index (χ0v) is 20.9. The van der Waals surface area contributed by atoms with Gasteiger partial charge < -0.3 is 19.8 Å². The van der Waals surface area contributed by atoms with E-state index in [1.54, 1.807) is 6.07 Å². The molecule has 0 radical (unpaired) electrons. The van der Waals surface area contributed by atoms with E-state index in [0.29, 0.717) is 25.3 Å². The van der Waals surface area contributed by atoms with Gasteiger partial charge in [-0.1, -0.05) is 29.8 Å². The van der Waals surface area contributed by atoms with Crippen LogP contribution < -0.4 is 10.6 Å². The number of rotatable bonds is 9. The molecule has 8 heteroatoms. The summed E-state index contributed by atoms with van der Waals surface area (Å²) in [4.78, 5) is 28.6. The first-order chi connectivity index (χ1) is 17.0. The Bertz CT molecular complexity index is 1140. The van der Waals surface area contributed by atoms with Crippen LogP contribution in [0.15, 0.2) is 70.0 Å². The van der Waals surface area contributed by atoms with E-state index >= 15 is 0 Å². The molecule has 2 heterocycles. The van der Waals surface area contributed by atoms with Crippen molar-refractivity contribution in [3.8, 4) is 0 Å². The second kappa shape index (κ2) is 12.1. The molecule has 0 spiro atoms. The lowest BCUT2D eigenvalue weighted by Gasteiger charge is -2.33. The van der Waals surface area contributed by atoms with E-state index in [4.69, 9.17) is 9.15 Å². The fourth-order valence-electron chi connectivity index (χ4n) is 3.97. The van der Waals surface area contributed by atoms with Gasteiger partial charge >= 0.3 is 0 Å². The fourth-order valence-corrected chi connectivity index (χ4v) is 4.82. The Balaban J connectivity index is 1.38. The topological polar surface area (TPSA) is 83.8 Å². The van der Waals surface area contributed by atoms with Crippen LogP contribution in [0.3, 0.4) is 0 Å². The van der Waals surface area contributed by atoms with E-state index in [2.05, 4.69) is 15.5 Å². The number of hydrogen-bond donors (Lipinski definition) is 2. The van der Waals surface area contributed by atoms with E-state index in [0.717, 1.165) is 40.8 Å². The molecule has 2 aromatic carbocycles. The van der Waals surface area contributed by atoms with Gasteiger partial charge in [0.25, 0.3) is 5.91 Å². The Morgan fingerprint density at radius 1 is 1.00 bits per heavy atom. The number of ether oxygens (including phenoxy) is 1. The van der Waals surface area contributed by atoms with Crippen molar-refractivity contribution in [2.75, 3.05) is 43.9 Å². The Hall–Kier alpha value is -3.07. The van der Waals surface area contributed by atoms with Crippen LogP contribution >= 0.6 is 11.8 Å². The minimum Gasteiger partial charge on any atom is -0.465 e. The van der Waals surface area contributed by atoms with Crippen molar-refractivity contribution < 1.29 is 18.7 Å². The maximum atomic E-state index is 13.2. The first kappa shape index (κ1) is 25.0. The number of thioether (sulfide) groups is 1. The van der Waals surface area contributed by atoms with Gasteiger partial charge in [-0.3, -0.25) is 14.5 Å². The molecule has 1 aliphatic heterocycles. The number of furan rings is 1. The van der Waals surface area contributed by atoms with Gasteiger partial charge in [-0.15, -0.1) is 11.8 Å². The van der Waals surface area contributed by atoms with Gasteiger partial charge in [0.2, 0.25) is 5.91 Å². The molecular weight excluding hydrogens is 462 g/mol. The lowest BCUT2D eigenvalue weighted by atomic mass is 10.1. The largest absolute Gasteiger partial charge is 0.465 e. The van der Waals surface area contributed by atoms with Gasteiger partial charge in [0.15, 0.2) is 0 Å². The molecule has 0 saturated carbocycles. The summed E-state index contributed by atoms with van der Waals surface area (Å²) in [5, 5.41) is 5.98. The standard InChI is InChI=1S/C27H31N3O4S/c1-19-7-10-21(11-8-19)29-26(31)18-35-25-6-4-3-5-22(25)27(32)28-17-23(24-12-9-20(2)34-24)30-13-15-33-16-14-30/h3-12,23H,13-18H2,1-2H3,(H,28,32)(H,29,31). The molecule has 0 bridgehead atoms. The Morgan fingerprint density at radius 2 is 1.74 bits per heavy atom. The number of amides is 2. The molecule has 2 N–H and O–H groups in total. The second-order valence-corrected chi connectivity index (χ2v) is 9.54. The van der Waals surface area contributed by atoms with Crippen LogP contribution in [0, 0.1) is 13.8 Å². The van der Waals surface area contributed by atoms with Gasteiger partial charge in [0.1, 0.15) is 11.5 Å². The number of aryl methyl sites for hydroxylation is 2. The van der Waals surface area contributed by atoms with Crippen molar-refractivity contribution in [1.29, 1.82) is 0 Å². The third-order valence-corrected chi connectivity index (χ3v) is 6.93. The number of nitrogens with one attached hydrogen (secondary N) is 2. The fraction of sp³-hybridized carbons (Fsp3) is 0.333. The normalized spacial score (nSPS) is 14.9. The highest BCUT2D eigenvalue weighted by molar-refractivity contribution is 8.00. The number of carbonyl (C=O) groups is 2. The van der Waals surface area contributed by atoms with Crippen LogP contribution in [-0.2, 0) is 9.53 Å². The van der Waals surface area contributed by atoms with Gasteiger partial charge in [-0.05, 0) is 50.2 Å². The van der Waals surface area contributed by atoms with Crippen LogP contribution in [0.5, 0.6) is 0 Å². The molecule has 3 aromatic rings. The molecule has 7 nitrogen and oxygen atoms in total. The van der Waals surface area contributed by atoms with Crippen molar-refractivity contribution in [1.82, 2.24) is 10.2 Å². The van der Waals surface area contributed by atoms with Crippen molar-refractivity contribution >= 4 is 29.3 Å². The highest BCUT2D eigenvalue weighted by Crippen LogP contribution is 2.25. The summed E-state index contributed by atoms with van der Waals surface area (Å²) in [6.45, 7) is 7.22. The number of hydrogen-bond acceptors (Lipinski definition) is 6. The van der Waals surface area contributed by atoms with Crippen molar-refractivity contribution in [2.45, 2.75) is 24.8 Å².